The van der Waals surface area contributed by atoms with Gasteiger partial charge in [0.2, 0.25) is 0 Å². The summed E-state index contributed by atoms with van der Waals surface area (Å²) in [4.78, 5) is 0. The molecule has 0 saturated heterocycles. The van der Waals surface area contributed by atoms with Crippen molar-refractivity contribution in [3.63, 3.8) is 0 Å². The minimum absolute atomic E-state index is 0.318. The number of alkyl halides is 1. The van der Waals surface area contributed by atoms with Crippen LogP contribution in [0.2, 0.25) is 5.02 Å². The molecule has 0 radical (unpaired) electrons. The molecule has 0 N–H and O–H groups in total. The number of ether oxygens (including phenoxy) is 1. The van der Waals surface area contributed by atoms with Gasteiger partial charge in [0.05, 0.1) is 11.1 Å². The molecular formula is C14H18Cl2O. The molecule has 0 aliphatic heterocycles. The molecule has 1 aromatic rings. The van der Waals surface area contributed by atoms with E-state index in [0.29, 0.717) is 17.0 Å². The summed E-state index contributed by atoms with van der Waals surface area (Å²) in [5.41, 5.74) is 1.03. The SMILES string of the molecule is CC1CCCC(Oc2ccc(CCl)cc2Cl)C1. The lowest BCUT2D eigenvalue weighted by Crippen LogP contribution is -2.24. The zero-order valence-electron chi connectivity index (χ0n) is 10.1. The van der Waals surface area contributed by atoms with E-state index in [0.717, 1.165) is 30.1 Å². The van der Waals surface area contributed by atoms with Gasteiger partial charge in [-0.05, 0) is 42.9 Å². The van der Waals surface area contributed by atoms with Gasteiger partial charge in [0.25, 0.3) is 0 Å². The van der Waals surface area contributed by atoms with Gasteiger partial charge in [0.15, 0.2) is 0 Å². The topological polar surface area (TPSA) is 9.23 Å². The number of halogens is 2. The van der Waals surface area contributed by atoms with Crippen molar-refractivity contribution in [1.82, 2.24) is 0 Å². The van der Waals surface area contributed by atoms with E-state index in [1.54, 1.807) is 0 Å². The highest BCUT2D eigenvalue weighted by atomic mass is 35.5. The smallest absolute Gasteiger partial charge is 0.138 e. The first-order valence-corrected chi connectivity index (χ1v) is 7.11. The molecule has 0 spiro atoms. The second kappa shape index (κ2) is 5.97. The second-order valence-corrected chi connectivity index (χ2v) is 5.58. The molecule has 1 saturated carbocycles. The summed E-state index contributed by atoms with van der Waals surface area (Å²) in [6, 6.07) is 5.79. The first kappa shape index (κ1) is 13.0. The van der Waals surface area contributed by atoms with E-state index in [1.807, 2.05) is 18.2 Å². The largest absolute Gasteiger partial charge is 0.489 e. The normalized spacial score (nSPS) is 24.6. The fraction of sp³-hybridized carbons (Fsp3) is 0.571. The third-order valence-corrected chi connectivity index (χ3v) is 3.94. The molecule has 0 aromatic heterocycles. The van der Waals surface area contributed by atoms with Crippen molar-refractivity contribution in [3.8, 4) is 5.75 Å². The van der Waals surface area contributed by atoms with Crippen molar-refractivity contribution in [2.24, 2.45) is 5.92 Å². The Balaban J connectivity index is 2.02. The van der Waals surface area contributed by atoms with Crippen LogP contribution in [-0.4, -0.2) is 6.10 Å². The predicted molar refractivity (Wildman–Crippen MR) is 73.1 cm³/mol. The average Bonchev–Trinajstić information content (AvgIpc) is 2.32. The van der Waals surface area contributed by atoms with Gasteiger partial charge in [0.1, 0.15) is 5.75 Å². The molecular weight excluding hydrogens is 255 g/mol. The molecule has 2 atom stereocenters. The highest BCUT2D eigenvalue weighted by Crippen LogP contribution is 2.31. The van der Waals surface area contributed by atoms with Gasteiger partial charge in [-0.1, -0.05) is 31.0 Å². The lowest BCUT2D eigenvalue weighted by molar-refractivity contribution is 0.129. The summed E-state index contributed by atoms with van der Waals surface area (Å²) in [5, 5.41) is 0.668. The standard InChI is InChI=1S/C14H18Cl2O/c1-10-3-2-4-12(7-10)17-14-6-5-11(9-15)8-13(14)16/h5-6,8,10,12H,2-4,7,9H2,1H3. The second-order valence-electron chi connectivity index (χ2n) is 4.91. The summed E-state index contributed by atoms with van der Waals surface area (Å²) in [7, 11) is 0. The Morgan fingerprint density at radius 1 is 1.35 bits per heavy atom. The van der Waals surface area contributed by atoms with Gasteiger partial charge in [-0.3, -0.25) is 0 Å². The van der Waals surface area contributed by atoms with Crippen LogP contribution in [0.25, 0.3) is 0 Å². The quantitative estimate of drug-likeness (QED) is 0.701. The van der Waals surface area contributed by atoms with Crippen LogP contribution in [0.5, 0.6) is 5.75 Å². The lowest BCUT2D eigenvalue weighted by atomic mass is 9.89. The zero-order valence-corrected chi connectivity index (χ0v) is 11.6. The van der Waals surface area contributed by atoms with Crippen molar-refractivity contribution in [3.05, 3.63) is 28.8 Å². The Morgan fingerprint density at radius 3 is 2.82 bits per heavy atom. The Hall–Kier alpha value is -0.400. The molecule has 1 aromatic carbocycles. The molecule has 0 heterocycles. The van der Waals surface area contributed by atoms with E-state index in [2.05, 4.69) is 6.92 Å². The van der Waals surface area contributed by atoms with Crippen LogP contribution in [-0.2, 0) is 5.88 Å². The third-order valence-electron chi connectivity index (χ3n) is 3.33. The van der Waals surface area contributed by atoms with Crippen LogP contribution in [0.15, 0.2) is 18.2 Å². The zero-order chi connectivity index (χ0) is 12.3. The molecule has 17 heavy (non-hydrogen) atoms. The average molecular weight is 273 g/mol. The summed E-state index contributed by atoms with van der Waals surface area (Å²) in [6.45, 7) is 2.29. The minimum atomic E-state index is 0.318. The van der Waals surface area contributed by atoms with E-state index in [9.17, 15) is 0 Å². The Bertz CT molecular complexity index is 378. The van der Waals surface area contributed by atoms with Crippen molar-refractivity contribution in [1.29, 1.82) is 0 Å². The lowest BCUT2D eigenvalue weighted by Gasteiger charge is -2.27. The van der Waals surface area contributed by atoms with Crippen molar-refractivity contribution in [2.75, 3.05) is 0 Å². The predicted octanol–water partition coefficient (Wildman–Crippen LogP) is 5.04. The van der Waals surface area contributed by atoms with Crippen LogP contribution in [0.3, 0.4) is 0 Å². The molecule has 1 nitrogen and oxygen atoms in total. The van der Waals surface area contributed by atoms with Gasteiger partial charge in [0, 0.05) is 5.88 Å². The highest BCUT2D eigenvalue weighted by molar-refractivity contribution is 6.32. The summed E-state index contributed by atoms with van der Waals surface area (Å²) in [6.07, 6.45) is 5.16. The molecule has 1 aliphatic carbocycles. The van der Waals surface area contributed by atoms with E-state index in [4.69, 9.17) is 27.9 Å². The summed E-state index contributed by atoms with van der Waals surface area (Å²) < 4.78 is 5.98. The minimum Gasteiger partial charge on any atom is -0.489 e. The van der Waals surface area contributed by atoms with Gasteiger partial charge >= 0.3 is 0 Å². The number of hydrogen-bond donors (Lipinski definition) is 0. The van der Waals surface area contributed by atoms with Gasteiger partial charge < -0.3 is 4.74 Å². The molecule has 2 unspecified atom stereocenters. The van der Waals surface area contributed by atoms with E-state index in [1.165, 1.54) is 12.8 Å². The maximum absolute atomic E-state index is 6.18. The molecule has 94 valence electrons. The van der Waals surface area contributed by atoms with Crippen LogP contribution >= 0.6 is 23.2 Å². The van der Waals surface area contributed by atoms with E-state index >= 15 is 0 Å². The van der Waals surface area contributed by atoms with Gasteiger partial charge in [-0.25, -0.2) is 0 Å². The fourth-order valence-corrected chi connectivity index (χ4v) is 2.80. The Morgan fingerprint density at radius 2 is 2.18 bits per heavy atom. The molecule has 0 amide bonds. The molecule has 2 rings (SSSR count). The number of hydrogen-bond acceptors (Lipinski definition) is 1. The van der Waals surface area contributed by atoms with E-state index < -0.39 is 0 Å². The van der Waals surface area contributed by atoms with Gasteiger partial charge in [-0.15, -0.1) is 11.6 Å². The van der Waals surface area contributed by atoms with Crippen LogP contribution in [0.4, 0.5) is 0 Å². The monoisotopic (exact) mass is 272 g/mol. The molecule has 0 bridgehead atoms. The number of rotatable bonds is 3. The first-order chi connectivity index (χ1) is 8.19. The van der Waals surface area contributed by atoms with Crippen LogP contribution in [0.1, 0.15) is 38.2 Å². The first-order valence-electron chi connectivity index (χ1n) is 6.20. The fourth-order valence-electron chi connectivity index (χ4n) is 2.39. The highest BCUT2D eigenvalue weighted by Gasteiger charge is 2.20. The summed E-state index contributed by atoms with van der Waals surface area (Å²) >= 11 is 11.9. The summed E-state index contributed by atoms with van der Waals surface area (Å²) in [5.74, 6) is 2.04. The molecule has 1 fully saturated rings. The van der Waals surface area contributed by atoms with Crippen molar-refractivity contribution >= 4 is 23.2 Å². The third kappa shape index (κ3) is 3.53. The van der Waals surface area contributed by atoms with Crippen LogP contribution in [0, 0.1) is 5.92 Å². The van der Waals surface area contributed by atoms with E-state index in [-0.39, 0.29) is 0 Å². The van der Waals surface area contributed by atoms with Crippen molar-refractivity contribution < 1.29 is 4.74 Å². The van der Waals surface area contributed by atoms with Gasteiger partial charge in [-0.2, -0.15) is 0 Å². The number of benzene rings is 1. The van der Waals surface area contributed by atoms with Crippen molar-refractivity contribution in [2.45, 2.75) is 44.6 Å². The maximum Gasteiger partial charge on any atom is 0.138 e. The molecule has 1 aliphatic rings. The Labute approximate surface area is 113 Å². The Kier molecular flexibility index (Phi) is 4.58. The maximum atomic E-state index is 6.18. The molecule has 3 heteroatoms. The van der Waals surface area contributed by atoms with Crippen LogP contribution < -0.4 is 4.74 Å².